The van der Waals surface area contributed by atoms with Crippen molar-refractivity contribution >= 4 is 23.3 Å². The van der Waals surface area contributed by atoms with Crippen LogP contribution in [0.1, 0.15) is 0 Å². The first-order chi connectivity index (χ1) is 4.41. The van der Waals surface area contributed by atoms with E-state index >= 15 is 0 Å². The highest BCUT2D eigenvalue weighted by atomic mass is 31.3. The smallest absolute Gasteiger partial charge is 0.321 e. The fraction of sp³-hybridized carbons (Fsp3) is 0. The van der Waals surface area contributed by atoms with E-state index in [1.165, 1.54) is 0 Å². The molecule has 1 aliphatic rings. The number of phosphoric acid groups is 2. The predicted molar refractivity (Wildman–Crippen MR) is 30.1 cm³/mol. The van der Waals surface area contributed by atoms with Crippen LogP contribution in [-0.2, 0) is 22.3 Å². The molecule has 0 bridgehead atoms. The van der Waals surface area contributed by atoms with Gasteiger partial charge in [0.1, 0.15) is 0 Å². The topological polar surface area (TPSA) is 102 Å². The summed E-state index contributed by atoms with van der Waals surface area (Å²) in [5.74, 6) is 0. The molecule has 1 fully saturated rings. The third-order valence-corrected chi connectivity index (χ3v) is 3.15. The molecule has 2 unspecified atom stereocenters. The number of hydrogen-bond donors (Lipinski definition) is 2. The molecule has 2 N–H and O–H groups in total. The molecular weight excluding hydrogens is 185 g/mol. The summed E-state index contributed by atoms with van der Waals surface area (Å²) in [5, 5.41) is 0. The maximum absolute atomic E-state index is 10.3. The molecule has 1 saturated heterocycles. The Bertz CT molecular complexity index is 198. The molecule has 0 amide bonds. The summed E-state index contributed by atoms with van der Waals surface area (Å²) in [5.41, 5.74) is 0. The lowest BCUT2D eigenvalue weighted by Crippen LogP contribution is -2.09. The van der Waals surface area contributed by atoms with Gasteiger partial charge >= 0.3 is 23.3 Å². The highest BCUT2D eigenvalue weighted by Gasteiger charge is 2.40. The van der Waals surface area contributed by atoms with Gasteiger partial charge in [0.25, 0.3) is 0 Å². The molecule has 0 aromatic carbocycles. The first-order valence-electron chi connectivity index (χ1n) is 2.07. The summed E-state index contributed by atoms with van der Waals surface area (Å²) in [6, 6.07) is 0. The minimum absolute atomic E-state index is 0.721. The summed E-state index contributed by atoms with van der Waals surface area (Å²) in [4.78, 5) is 16.8. The fourth-order valence-corrected chi connectivity index (χ4v) is 2.21. The molecule has 2 atom stereocenters. The van der Waals surface area contributed by atoms with Gasteiger partial charge < -0.3 is 18.7 Å². The van der Waals surface area contributed by atoms with Crippen LogP contribution in [0.5, 0.6) is 0 Å². The summed E-state index contributed by atoms with van der Waals surface area (Å²) >= 11 is 0. The third-order valence-electron chi connectivity index (χ3n) is 0.638. The molecule has 0 aromatic rings. The van der Waals surface area contributed by atoms with Crippen molar-refractivity contribution in [2.45, 2.75) is 0 Å². The predicted octanol–water partition coefficient (Wildman–Crippen LogP) is -0.483. The highest BCUT2D eigenvalue weighted by Crippen LogP contribution is 2.63. The average Bonchev–Trinajstić information content (AvgIpc) is 1.56. The zero-order valence-electron chi connectivity index (χ0n) is 4.54. The Morgan fingerprint density at radius 1 is 1.10 bits per heavy atom. The minimum Gasteiger partial charge on any atom is -0.321 e. The summed E-state index contributed by atoms with van der Waals surface area (Å²) in [6.07, 6.45) is 0. The molecule has 1 aliphatic heterocycles. The second-order valence-corrected chi connectivity index (χ2v) is 4.44. The van der Waals surface area contributed by atoms with E-state index in [0.29, 0.717) is 0 Å². The molecule has 1 rings (SSSR count). The fourth-order valence-electron chi connectivity index (χ4n) is 0.334. The first kappa shape index (κ1) is 8.42. The lowest BCUT2D eigenvalue weighted by atomic mass is 10.4. The second-order valence-electron chi connectivity index (χ2n) is 1.39. The Labute approximate surface area is 56.5 Å². The molecule has 0 spiro atoms. The van der Waals surface area contributed by atoms with Gasteiger partial charge in [-0.05, 0) is 0 Å². The third kappa shape index (κ3) is 2.18. The molecule has 58 valence electrons. The minimum atomic E-state index is -4.35. The molecule has 0 saturated carbocycles. The standard InChI is InChI=1S/BH3O7P2/c2-9(3)6-1-7-10(4,5)8-9/h1H,(H,2,3)(H,4,5). The number of rotatable bonds is 0. The maximum Gasteiger partial charge on any atom is 0.468 e. The first-order valence-corrected chi connectivity index (χ1v) is 5.06. The Morgan fingerprint density at radius 2 is 1.50 bits per heavy atom. The van der Waals surface area contributed by atoms with E-state index in [-0.39, 0.29) is 0 Å². The molecule has 7 nitrogen and oxygen atoms in total. The Balaban J connectivity index is 2.75. The van der Waals surface area contributed by atoms with Gasteiger partial charge in [-0.2, -0.15) is 4.31 Å². The quantitative estimate of drug-likeness (QED) is 0.390. The van der Waals surface area contributed by atoms with Crippen molar-refractivity contribution in [2.24, 2.45) is 0 Å². The van der Waals surface area contributed by atoms with Crippen molar-refractivity contribution in [2.75, 3.05) is 0 Å². The maximum atomic E-state index is 10.3. The second kappa shape index (κ2) is 2.42. The van der Waals surface area contributed by atoms with E-state index in [2.05, 4.69) is 13.2 Å². The van der Waals surface area contributed by atoms with E-state index in [1.54, 1.807) is 0 Å². The number of hydrogen-bond acceptors (Lipinski definition) is 5. The van der Waals surface area contributed by atoms with Gasteiger partial charge in [-0.25, -0.2) is 9.13 Å². The van der Waals surface area contributed by atoms with E-state index in [1.807, 2.05) is 0 Å². The van der Waals surface area contributed by atoms with Gasteiger partial charge in [0.05, 0.1) is 0 Å². The van der Waals surface area contributed by atoms with E-state index in [9.17, 15) is 9.13 Å². The van der Waals surface area contributed by atoms with Gasteiger partial charge in [-0.1, -0.05) is 0 Å². The lowest BCUT2D eigenvalue weighted by molar-refractivity contribution is 0.198. The van der Waals surface area contributed by atoms with Crippen LogP contribution in [0.4, 0.5) is 0 Å². The largest absolute Gasteiger partial charge is 0.468 e. The summed E-state index contributed by atoms with van der Waals surface area (Å²) in [7, 11) is -9.41. The summed E-state index contributed by atoms with van der Waals surface area (Å²) in [6.45, 7) is 0. The zero-order valence-corrected chi connectivity index (χ0v) is 6.33. The Morgan fingerprint density at radius 3 is 1.70 bits per heavy atom. The van der Waals surface area contributed by atoms with E-state index < -0.39 is 23.3 Å². The molecule has 1 heterocycles. The molecule has 10 heteroatoms. The van der Waals surface area contributed by atoms with E-state index in [4.69, 9.17) is 9.79 Å². The van der Waals surface area contributed by atoms with Crippen LogP contribution in [0.2, 0.25) is 0 Å². The van der Waals surface area contributed by atoms with Crippen LogP contribution in [0, 0.1) is 0 Å². The average molecular weight is 188 g/mol. The Kier molecular flexibility index (Phi) is 2.04. The van der Waals surface area contributed by atoms with Gasteiger partial charge in [0.15, 0.2) is 0 Å². The van der Waals surface area contributed by atoms with Crippen LogP contribution in [0.3, 0.4) is 0 Å². The Hall–Kier alpha value is 0.325. The molecule has 0 aliphatic carbocycles. The van der Waals surface area contributed by atoms with Crippen LogP contribution < -0.4 is 0 Å². The van der Waals surface area contributed by atoms with Gasteiger partial charge in [-0.3, -0.25) is 0 Å². The highest BCUT2D eigenvalue weighted by molar-refractivity contribution is 7.63. The zero-order chi connectivity index (χ0) is 7.83. The van der Waals surface area contributed by atoms with Crippen molar-refractivity contribution in [1.82, 2.24) is 0 Å². The van der Waals surface area contributed by atoms with Crippen molar-refractivity contribution in [3.63, 3.8) is 0 Å². The van der Waals surface area contributed by atoms with Gasteiger partial charge in [-0.15, -0.1) is 0 Å². The van der Waals surface area contributed by atoms with Crippen LogP contribution in [-0.4, -0.2) is 17.5 Å². The lowest BCUT2D eigenvalue weighted by Gasteiger charge is -2.20. The molecule has 0 aromatic heterocycles. The van der Waals surface area contributed by atoms with Crippen LogP contribution in [0.25, 0.3) is 0 Å². The van der Waals surface area contributed by atoms with E-state index in [0.717, 1.165) is 0 Å². The molecular formula is H3BO7P2. The van der Waals surface area contributed by atoms with Crippen molar-refractivity contribution in [3.8, 4) is 0 Å². The van der Waals surface area contributed by atoms with Gasteiger partial charge in [0, 0.05) is 0 Å². The molecule has 10 heavy (non-hydrogen) atoms. The van der Waals surface area contributed by atoms with Crippen molar-refractivity contribution in [3.05, 3.63) is 0 Å². The SMILES string of the molecule is O=P1(O)OBOP(=O)(O)O1. The summed E-state index contributed by atoms with van der Waals surface area (Å²) < 4.78 is 32.2. The molecule has 0 radical (unpaired) electrons. The van der Waals surface area contributed by atoms with Crippen molar-refractivity contribution in [1.29, 1.82) is 0 Å². The normalized spacial score (nSPS) is 48.2. The monoisotopic (exact) mass is 188 g/mol. The van der Waals surface area contributed by atoms with Crippen LogP contribution in [0.15, 0.2) is 0 Å². The van der Waals surface area contributed by atoms with Gasteiger partial charge in [0.2, 0.25) is 0 Å². The van der Waals surface area contributed by atoms with Crippen molar-refractivity contribution < 1.29 is 32.1 Å². The van der Waals surface area contributed by atoms with Crippen LogP contribution >= 0.6 is 15.6 Å².